The Kier molecular flexibility index (Phi) is 9.38. The molecule has 2 aromatic heterocycles. The van der Waals surface area contributed by atoms with Crippen molar-refractivity contribution in [3.05, 3.63) is 107 Å². The van der Waals surface area contributed by atoms with Crippen molar-refractivity contribution in [3.63, 3.8) is 0 Å². The van der Waals surface area contributed by atoms with Crippen LogP contribution in [0, 0.1) is 0 Å². The first-order chi connectivity index (χ1) is 18.5. The van der Waals surface area contributed by atoms with E-state index in [1.807, 2.05) is 88.3 Å². The van der Waals surface area contributed by atoms with Crippen molar-refractivity contribution >= 4 is 29.2 Å². The Morgan fingerprint density at radius 1 is 1.00 bits per heavy atom. The van der Waals surface area contributed by atoms with Gasteiger partial charge in [0.15, 0.2) is 5.15 Å². The number of carbonyl (C=O) groups is 2. The second kappa shape index (κ2) is 13.1. The van der Waals surface area contributed by atoms with E-state index in [1.54, 1.807) is 0 Å². The van der Waals surface area contributed by atoms with Crippen LogP contribution < -0.4 is 5.32 Å². The highest BCUT2D eigenvalue weighted by Gasteiger charge is 2.21. The van der Waals surface area contributed by atoms with Crippen LogP contribution in [0.25, 0.3) is 0 Å². The van der Waals surface area contributed by atoms with E-state index < -0.39 is 0 Å². The van der Waals surface area contributed by atoms with Gasteiger partial charge in [0.1, 0.15) is 11.9 Å². The van der Waals surface area contributed by atoms with Gasteiger partial charge in [0.05, 0.1) is 19.2 Å². The van der Waals surface area contributed by atoms with E-state index in [2.05, 4.69) is 17.2 Å². The molecular weight excluding hydrogens is 500 g/mol. The minimum Gasteiger partial charge on any atom is -0.469 e. The summed E-state index contributed by atoms with van der Waals surface area (Å²) in [5.41, 5.74) is 3.47. The zero-order chi connectivity index (χ0) is 26.9. The van der Waals surface area contributed by atoms with Gasteiger partial charge in [-0.05, 0) is 41.8 Å². The van der Waals surface area contributed by atoms with Crippen molar-refractivity contribution in [1.82, 2.24) is 14.1 Å². The van der Waals surface area contributed by atoms with Gasteiger partial charge in [0, 0.05) is 37.5 Å². The Morgan fingerprint density at radius 3 is 2.37 bits per heavy atom. The van der Waals surface area contributed by atoms with Crippen LogP contribution in [0.15, 0.2) is 79.1 Å². The van der Waals surface area contributed by atoms with Gasteiger partial charge < -0.3 is 19.2 Å². The van der Waals surface area contributed by atoms with Crippen molar-refractivity contribution in [3.8, 4) is 0 Å². The fourth-order valence-electron chi connectivity index (χ4n) is 4.42. The lowest BCUT2D eigenvalue weighted by Gasteiger charge is -2.19. The van der Waals surface area contributed by atoms with Crippen LogP contribution in [0.5, 0.6) is 0 Å². The molecule has 0 saturated heterocycles. The van der Waals surface area contributed by atoms with Crippen molar-refractivity contribution in [2.45, 2.75) is 51.6 Å². The molecule has 0 radical (unpaired) electrons. The quantitative estimate of drug-likeness (QED) is 0.232. The number of aromatic nitrogens is 3. The van der Waals surface area contributed by atoms with Gasteiger partial charge in [-0.2, -0.15) is 0 Å². The zero-order valence-corrected chi connectivity index (χ0v) is 22.5. The highest BCUT2D eigenvalue weighted by Crippen LogP contribution is 2.23. The van der Waals surface area contributed by atoms with E-state index in [4.69, 9.17) is 16.3 Å². The number of hydrogen-bond acceptors (Lipinski definition) is 4. The number of carbonyl (C=O) groups excluding carboxylic acids is 2. The number of amides is 1. The maximum atomic E-state index is 13.3. The maximum absolute atomic E-state index is 13.3. The fraction of sp³-hybridized carbons (Fsp3) is 0.300. The van der Waals surface area contributed by atoms with Crippen LogP contribution in [0.2, 0.25) is 5.15 Å². The topological polar surface area (TPSA) is 78.2 Å². The Bertz CT molecular complexity index is 1330. The van der Waals surface area contributed by atoms with Crippen molar-refractivity contribution < 1.29 is 14.3 Å². The third-order valence-electron chi connectivity index (χ3n) is 6.52. The minimum atomic E-state index is -0.373. The molecule has 198 valence electrons. The Hall–Kier alpha value is -3.84. The molecule has 1 atom stereocenters. The minimum absolute atomic E-state index is 0.0603. The number of unbranched alkanes of at least 4 members (excludes halogenated alkanes) is 1. The Labute approximate surface area is 228 Å². The van der Waals surface area contributed by atoms with Crippen LogP contribution in [0.1, 0.15) is 48.5 Å². The van der Waals surface area contributed by atoms with Crippen molar-refractivity contribution in [2.75, 3.05) is 12.4 Å². The average Bonchev–Trinajstić information content (AvgIpc) is 3.56. The molecule has 7 nitrogen and oxygen atoms in total. The number of anilines is 1. The number of benzene rings is 2. The number of esters is 1. The molecule has 0 aliphatic heterocycles. The second-order valence-corrected chi connectivity index (χ2v) is 9.59. The van der Waals surface area contributed by atoms with Crippen LogP contribution in [0.4, 0.5) is 5.69 Å². The molecule has 0 aliphatic carbocycles. The fourth-order valence-corrected chi connectivity index (χ4v) is 4.69. The van der Waals surface area contributed by atoms with Gasteiger partial charge in [-0.3, -0.25) is 9.59 Å². The van der Waals surface area contributed by atoms with E-state index in [0.29, 0.717) is 29.5 Å². The van der Waals surface area contributed by atoms with Gasteiger partial charge in [0.2, 0.25) is 5.91 Å². The predicted molar refractivity (Wildman–Crippen MR) is 149 cm³/mol. The number of rotatable bonds is 12. The summed E-state index contributed by atoms with van der Waals surface area (Å²) in [5, 5.41) is 3.40. The molecule has 0 fully saturated rings. The molecular formula is C30H33ClN4O3. The molecule has 1 amide bonds. The van der Waals surface area contributed by atoms with Crippen LogP contribution >= 0.6 is 11.6 Å². The highest BCUT2D eigenvalue weighted by atomic mass is 35.5. The maximum Gasteiger partial charge on any atom is 0.311 e. The van der Waals surface area contributed by atoms with E-state index in [9.17, 15) is 9.59 Å². The number of nitrogens with one attached hydrogen (secondary N) is 1. The molecule has 2 heterocycles. The standard InChI is InChI=1S/C30H33ClN4O3/c1-3-4-12-27-33-29(31)25(20-28(36)38-2)35(27)21-23-13-15-24(16-14-23)32-30(37)26(34-17-8-9-18-34)19-22-10-6-5-7-11-22/h5-11,13-18,26H,3-4,12,19-21H2,1-2H3,(H,32,37)/t26-/m0/s1. The molecule has 0 aliphatic rings. The molecule has 8 heteroatoms. The van der Waals surface area contributed by atoms with Crippen LogP contribution in [-0.4, -0.2) is 33.1 Å². The SMILES string of the molecule is CCCCc1nc(Cl)c(CC(=O)OC)n1Cc1ccc(NC(=O)[C@H](Cc2ccccc2)n2cccc2)cc1. The molecule has 38 heavy (non-hydrogen) atoms. The number of ether oxygens (including phenoxy) is 1. The Morgan fingerprint density at radius 2 is 1.71 bits per heavy atom. The molecule has 2 aromatic carbocycles. The molecule has 4 aromatic rings. The molecule has 4 rings (SSSR count). The van der Waals surface area contributed by atoms with E-state index >= 15 is 0 Å². The van der Waals surface area contributed by atoms with E-state index in [1.165, 1.54) is 7.11 Å². The third kappa shape index (κ3) is 6.92. The van der Waals surface area contributed by atoms with Crippen LogP contribution in [0.3, 0.4) is 0 Å². The summed E-state index contributed by atoms with van der Waals surface area (Å²) in [4.78, 5) is 29.8. The molecule has 0 bridgehead atoms. The summed E-state index contributed by atoms with van der Waals surface area (Å²) >= 11 is 6.42. The van der Waals surface area contributed by atoms with Gasteiger partial charge in [0.25, 0.3) is 0 Å². The highest BCUT2D eigenvalue weighted by molar-refractivity contribution is 6.30. The Balaban J connectivity index is 1.50. The normalized spacial score (nSPS) is 11.8. The number of imidazole rings is 1. The number of hydrogen-bond donors (Lipinski definition) is 1. The third-order valence-corrected chi connectivity index (χ3v) is 6.82. The lowest BCUT2D eigenvalue weighted by molar-refractivity contribution is -0.139. The largest absolute Gasteiger partial charge is 0.469 e. The predicted octanol–water partition coefficient (Wildman–Crippen LogP) is 5.87. The number of methoxy groups -OCH3 is 1. The van der Waals surface area contributed by atoms with E-state index in [0.717, 1.165) is 36.2 Å². The average molecular weight is 533 g/mol. The summed E-state index contributed by atoms with van der Waals surface area (Å²) in [6.45, 7) is 2.64. The first-order valence-corrected chi connectivity index (χ1v) is 13.2. The summed E-state index contributed by atoms with van der Waals surface area (Å²) < 4.78 is 8.80. The smallest absolute Gasteiger partial charge is 0.311 e. The zero-order valence-electron chi connectivity index (χ0n) is 21.8. The lowest BCUT2D eigenvalue weighted by atomic mass is 10.0. The van der Waals surface area contributed by atoms with Gasteiger partial charge >= 0.3 is 5.97 Å². The monoisotopic (exact) mass is 532 g/mol. The summed E-state index contributed by atoms with van der Waals surface area (Å²) in [5.74, 6) is 0.408. The molecule has 1 N–H and O–H groups in total. The number of nitrogens with zero attached hydrogens (tertiary/aromatic N) is 3. The van der Waals surface area contributed by atoms with Gasteiger partial charge in [-0.1, -0.05) is 67.4 Å². The van der Waals surface area contributed by atoms with Crippen molar-refractivity contribution in [1.29, 1.82) is 0 Å². The summed E-state index contributed by atoms with van der Waals surface area (Å²) in [6, 6.07) is 21.2. The van der Waals surface area contributed by atoms with Crippen molar-refractivity contribution in [2.24, 2.45) is 0 Å². The summed E-state index contributed by atoms with van der Waals surface area (Å²) in [7, 11) is 1.36. The van der Waals surface area contributed by atoms with Gasteiger partial charge in [-0.15, -0.1) is 0 Å². The first kappa shape index (κ1) is 27.2. The molecule has 0 saturated carbocycles. The van der Waals surface area contributed by atoms with Crippen LogP contribution in [-0.2, 0) is 40.1 Å². The lowest BCUT2D eigenvalue weighted by Crippen LogP contribution is -2.27. The number of aryl methyl sites for hydroxylation is 1. The first-order valence-electron chi connectivity index (χ1n) is 12.8. The molecule has 0 unspecified atom stereocenters. The molecule has 0 spiro atoms. The van der Waals surface area contributed by atoms with Gasteiger partial charge in [-0.25, -0.2) is 4.98 Å². The second-order valence-electron chi connectivity index (χ2n) is 9.23. The van der Waals surface area contributed by atoms with E-state index in [-0.39, 0.29) is 24.3 Å². The summed E-state index contributed by atoms with van der Waals surface area (Å²) in [6.07, 6.45) is 7.24. The number of halogens is 1.